The molecular weight excluding hydrogens is 300 g/mol. The summed E-state index contributed by atoms with van der Waals surface area (Å²) in [5.74, 6) is 0. The molecule has 1 nitrogen and oxygen atoms in total. The van der Waals surface area contributed by atoms with Crippen LogP contribution in [-0.4, -0.2) is 12.7 Å². The molecule has 0 amide bonds. The fourth-order valence-corrected chi connectivity index (χ4v) is 4.23. The van der Waals surface area contributed by atoms with Crippen molar-refractivity contribution in [2.45, 2.75) is 64.8 Å². The third kappa shape index (κ3) is 2.75. The van der Waals surface area contributed by atoms with Gasteiger partial charge in [0.25, 0.3) is 0 Å². The van der Waals surface area contributed by atoms with E-state index in [9.17, 15) is 0 Å². The quantitative estimate of drug-likeness (QED) is 0.676. The molecule has 2 atom stereocenters. The molecule has 2 rings (SSSR count). The summed E-state index contributed by atoms with van der Waals surface area (Å²) in [6, 6.07) is 0. The summed E-state index contributed by atoms with van der Waals surface area (Å²) in [5.41, 5.74) is 8.60. The number of halogens is 1. The van der Waals surface area contributed by atoms with E-state index in [0.717, 1.165) is 6.61 Å². The van der Waals surface area contributed by atoms with Gasteiger partial charge in [0, 0.05) is 6.61 Å². The van der Waals surface area contributed by atoms with E-state index in [1.54, 1.807) is 0 Å². The van der Waals surface area contributed by atoms with Crippen LogP contribution in [0, 0.1) is 34.6 Å². The maximum Gasteiger partial charge on any atom is 0.0741 e. The number of hydrogen-bond donors (Lipinski definition) is 0. The van der Waals surface area contributed by atoms with Crippen LogP contribution in [0.3, 0.4) is 0 Å². The van der Waals surface area contributed by atoms with E-state index in [0.29, 0.717) is 10.9 Å². The maximum atomic E-state index is 5.97. The van der Waals surface area contributed by atoms with Crippen molar-refractivity contribution >= 4 is 15.9 Å². The van der Waals surface area contributed by atoms with Gasteiger partial charge in [0.05, 0.1) is 10.9 Å². The van der Waals surface area contributed by atoms with Crippen molar-refractivity contribution in [3.63, 3.8) is 0 Å². The van der Waals surface area contributed by atoms with Gasteiger partial charge in [-0.3, -0.25) is 0 Å². The van der Waals surface area contributed by atoms with Crippen LogP contribution in [0.4, 0.5) is 0 Å². The van der Waals surface area contributed by atoms with Crippen molar-refractivity contribution in [1.82, 2.24) is 0 Å². The van der Waals surface area contributed by atoms with Crippen molar-refractivity contribution in [3.8, 4) is 0 Å². The lowest BCUT2D eigenvalue weighted by Crippen LogP contribution is -2.24. The molecule has 1 aromatic carbocycles. The standard InChI is InChI=1S/C17H25BrO/c1-10-11(2)13(4)16(14(5)12(10)3)17(18)15-8-6-7-9-19-15/h15,17H,6-9H2,1-5H3. The molecule has 0 aliphatic carbocycles. The average molecular weight is 325 g/mol. The summed E-state index contributed by atoms with van der Waals surface area (Å²) >= 11 is 3.92. The monoisotopic (exact) mass is 324 g/mol. The Bertz CT molecular complexity index is 444. The molecule has 0 N–H and O–H groups in total. The largest absolute Gasteiger partial charge is 0.377 e. The van der Waals surface area contributed by atoms with Crippen LogP contribution in [0.1, 0.15) is 57.5 Å². The van der Waals surface area contributed by atoms with Gasteiger partial charge in [-0.25, -0.2) is 0 Å². The van der Waals surface area contributed by atoms with Gasteiger partial charge in [-0.2, -0.15) is 0 Å². The highest BCUT2D eigenvalue weighted by Crippen LogP contribution is 2.39. The minimum absolute atomic E-state index is 0.325. The first-order chi connectivity index (χ1) is 8.95. The number of ether oxygens (including phenoxy) is 1. The normalized spacial score (nSPS) is 21.5. The van der Waals surface area contributed by atoms with Crippen LogP contribution < -0.4 is 0 Å². The third-order valence-electron chi connectivity index (χ3n) is 4.88. The SMILES string of the molecule is Cc1c(C)c(C)c(C(Br)C2CCCCO2)c(C)c1C. The first kappa shape index (κ1) is 15.1. The lowest BCUT2D eigenvalue weighted by molar-refractivity contribution is 0.0159. The van der Waals surface area contributed by atoms with Gasteiger partial charge in [0.15, 0.2) is 0 Å². The maximum absolute atomic E-state index is 5.97. The molecule has 1 saturated heterocycles. The minimum atomic E-state index is 0.325. The number of hydrogen-bond acceptors (Lipinski definition) is 1. The number of benzene rings is 1. The smallest absolute Gasteiger partial charge is 0.0741 e. The van der Waals surface area contributed by atoms with Crippen molar-refractivity contribution < 1.29 is 4.74 Å². The van der Waals surface area contributed by atoms with E-state index < -0.39 is 0 Å². The fraction of sp³-hybridized carbons (Fsp3) is 0.647. The Morgan fingerprint density at radius 2 is 1.42 bits per heavy atom. The first-order valence-electron chi connectivity index (χ1n) is 7.27. The summed E-state index contributed by atoms with van der Waals surface area (Å²) in [6.07, 6.45) is 3.99. The van der Waals surface area contributed by atoms with E-state index in [1.807, 2.05) is 0 Å². The lowest BCUT2D eigenvalue weighted by atomic mass is 9.86. The topological polar surface area (TPSA) is 9.23 Å². The molecule has 19 heavy (non-hydrogen) atoms. The zero-order chi connectivity index (χ0) is 14.2. The summed E-state index contributed by atoms with van der Waals surface area (Å²) < 4.78 is 5.97. The Hall–Kier alpha value is -0.340. The molecule has 1 aromatic rings. The van der Waals surface area contributed by atoms with Crippen LogP contribution in [0.5, 0.6) is 0 Å². The van der Waals surface area contributed by atoms with Gasteiger partial charge in [-0.1, -0.05) is 15.9 Å². The molecule has 0 aromatic heterocycles. The molecule has 1 aliphatic heterocycles. The zero-order valence-electron chi connectivity index (χ0n) is 12.8. The van der Waals surface area contributed by atoms with Crippen molar-refractivity contribution in [3.05, 3.63) is 33.4 Å². The molecule has 2 unspecified atom stereocenters. The van der Waals surface area contributed by atoms with Crippen LogP contribution in [0.2, 0.25) is 0 Å². The molecule has 106 valence electrons. The Morgan fingerprint density at radius 3 is 1.89 bits per heavy atom. The molecule has 0 radical (unpaired) electrons. The third-order valence-corrected chi connectivity index (χ3v) is 5.92. The molecule has 0 saturated carbocycles. The predicted molar refractivity (Wildman–Crippen MR) is 85.4 cm³/mol. The second kappa shape index (κ2) is 5.97. The van der Waals surface area contributed by atoms with Gasteiger partial charge in [-0.05, 0) is 87.3 Å². The van der Waals surface area contributed by atoms with Gasteiger partial charge in [0.1, 0.15) is 0 Å². The number of rotatable bonds is 2. The van der Waals surface area contributed by atoms with E-state index >= 15 is 0 Å². The predicted octanol–water partition coefficient (Wildman–Crippen LogP) is 5.23. The Morgan fingerprint density at radius 1 is 0.895 bits per heavy atom. The van der Waals surface area contributed by atoms with E-state index in [-0.39, 0.29) is 0 Å². The number of alkyl halides is 1. The van der Waals surface area contributed by atoms with Gasteiger partial charge in [0.2, 0.25) is 0 Å². The molecular formula is C17H25BrO. The Kier molecular flexibility index (Phi) is 4.73. The van der Waals surface area contributed by atoms with Crippen LogP contribution in [0.15, 0.2) is 0 Å². The van der Waals surface area contributed by atoms with Gasteiger partial charge in [-0.15, -0.1) is 0 Å². The Labute approximate surface area is 125 Å². The summed E-state index contributed by atoms with van der Waals surface area (Å²) in [7, 11) is 0. The molecule has 0 spiro atoms. The van der Waals surface area contributed by atoms with E-state index in [2.05, 4.69) is 50.5 Å². The van der Waals surface area contributed by atoms with Crippen LogP contribution in [0.25, 0.3) is 0 Å². The molecule has 0 bridgehead atoms. The highest BCUT2D eigenvalue weighted by molar-refractivity contribution is 9.09. The van der Waals surface area contributed by atoms with Crippen molar-refractivity contribution in [1.29, 1.82) is 0 Å². The van der Waals surface area contributed by atoms with Gasteiger partial charge >= 0.3 is 0 Å². The van der Waals surface area contributed by atoms with Crippen molar-refractivity contribution in [2.24, 2.45) is 0 Å². The highest BCUT2D eigenvalue weighted by atomic mass is 79.9. The second-order valence-corrected chi connectivity index (χ2v) is 6.83. The van der Waals surface area contributed by atoms with E-state index in [4.69, 9.17) is 4.74 Å². The molecule has 1 aliphatic rings. The molecule has 1 heterocycles. The molecule has 1 fully saturated rings. The summed E-state index contributed by atoms with van der Waals surface area (Å²) in [4.78, 5) is 0.325. The minimum Gasteiger partial charge on any atom is -0.377 e. The second-order valence-electron chi connectivity index (χ2n) is 5.85. The fourth-order valence-electron chi connectivity index (χ4n) is 3.12. The molecule has 2 heteroatoms. The van der Waals surface area contributed by atoms with Gasteiger partial charge < -0.3 is 4.74 Å². The first-order valence-corrected chi connectivity index (χ1v) is 8.19. The van der Waals surface area contributed by atoms with E-state index in [1.165, 1.54) is 52.6 Å². The average Bonchev–Trinajstić information content (AvgIpc) is 2.44. The Balaban J connectivity index is 2.43. The summed E-state index contributed by atoms with van der Waals surface area (Å²) in [6.45, 7) is 12.1. The highest BCUT2D eigenvalue weighted by Gasteiger charge is 2.27. The van der Waals surface area contributed by atoms with Crippen LogP contribution in [-0.2, 0) is 4.74 Å². The lowest BCUT2D eigenvalue weighted by Gasteiger charge is -2.30. The van der Waals surface area contributed by atoms with Crippen LogP contribution >= 0.6 is 15.9 Å². The zero-order valence-corrected chi connectivity index (χ0v) is 14.4. The summed E-state index contributed by atoms with van der Waals surface area (Å²) in [5, 5.41) is 0. The van der Waals surface area contributed by atoms with Crippen molar-refractivity contribution in [2.75, 3.05) is 6.61 Å².